The van der Waals surface area contributed by atoms with Gasteiger partial charge in [-0.15, -0.1) is 0 Å². The lowest BCUT2D eigenvalue weighted by Crippen LogP contribution is -2.59. The van der Waals surface area contributed by atoms with Gasteiger partial charge in [0.15, 0.2) is 0 Å². The maximum Gasteiger partial charge on any atom is 0.251 e. The number of piperazine rings is 1. The van der Waals surface area contributed by atoms with Crippen molar-refractivity contribution in [3.63, 3.8) is 0 Å². The molecule has 0 unspecified atom stereocenters. The Hall–Kier alpha value is -3.51. The number of hydrogen-bond donors (Lipinski definition) is 1. The summed E-state index contributed by atoms with van der Waals surface area (Å²) in [6, 6.07) is 22.4. The zero-order valence-electron chi connectivity index (χ0n) is 17.5. The molecule has 0 spiro atoms. The smallest absolute Gasteiger partial charge is 0.251 e. The van der Waals surface area contributed by atoms with E-state index in [-0.39, 0.29) is 17.9 Å². The molecule has 31 heavy (non-hydrogen) atoms. The van der Waals surface area contributed by atoms with E-state index in [0.29, 0.717) is 25.2 Å². The van der Waals surface area contributed by atoms with Crippen LogP contribution in [0.5, 0.6) is 0 Å². The molecule has 1 aromatic heterocycles. The van der Waals surface area contributed by atoms with E-state index in [1.54, 1.807) is 23.2 Å². The normalized spacial score (nSPS) is 19.3. The second-order valence-corrected chi connectivity index (χ2v) is 7.80. The van der Waals surface area contributed by atoms with Crippen LogP contribution in [0.25, 0.3) is 0 Å². The van der Waals surface area contributed by atoms with E-state index in [1.807, 2.05) is 73.9 Å². The van der Waals surface area contributed by atoms with Crippen molar-refractivity contribution in [2.75, 3.05) is 20.1 Å². The number of carbonyl (C=O) groups excluding carboxylic acids is 2. The minimum atomic E-state index is -0.418. The van der Waals surface area contributed by atoms with E-state index >= 15 is 0 Å². The van der Waals surface area contributed by atoms with Crippen LogP contribution >= 0.6 is 0 Å². The van der Waals surface area contributed by atoms with Crippen molar-refractivity contribution in [3.05, 3.63) is 102 Å². The Balaban J connectivity index is 1.61. The van der Waals surface area contributed by atoms with Gasteiger partial charge in [-0.05, 0) is 29.3 Å². The van der Waals surface area contributed by atoms with E-state index in [1.165, 1.54) is 0 Å². The number of rotatable bonds is 6. The number of carbonyl (C=O) groups is 2. The summed E-state index contributed by atoms with van der Waals surface area (Å²) < 4.78 is 0. The summed E-state index contributed by atoms with van der Waals surface area (Å²) in [6.45, 7) is 1.55. The Morgan fingerprint density at radius 3 is 2.42 bits per heavy atom. The number of nitrogens with one attached hydrogen (secondary N) is 1. The Morgan fingerprint density at radius 1 is 1.03 bits per heavy atom. The average molecular weight is 415 g/mol. The lowest BCUT2D eigenvalue weighted by Gasteiger charge is -2.45. The first-order valence-electron chi connectivity index (χ1n) is 10.4. The summed E-state index contributed by atoms with van der Waals surface area (Å²) in [5.74, 6) is -0.0570. The van der Waals surface area contributed by atoms with Crippen LogP contribution in [-0.4, -0.2) is 52.8 Å². The van der Waals surface area contributed by atoms with Crippen LogP contribution in [0, 0.1) is 0 Å². The molecule has 0 saturated carbocycles. The van der Waals surface area contributed by atoms with Crippen molar-refractivity contribution in [2.45, 2.75) is 18.6 Å². The van der Waals surface area contributed by atoms with Crippen LogP contribution < -0.4 is 5.32 Å². The molecular formula is C25H26N4O2. The Labute approximate surface area is 182 Å². The number of aromatic nitrogens is 1. The standard InChI is InChI=1S/C25H26N4O2/c1-28-18-22(16-27-24(30)21-12-6-3-7-13-21)29(17-19-9-8-14-26-15-19)23(25(28)31)20-10-4-2-5-11-20/h2-15,22-23H,16-18H2,1H3,(H,27,30)/t22-,23+/m1/s1. The molecule has 1 N–H and O–H groups in total. The zero-order valence-corrected chi connectivity index (χ0v) is 17.5. The van der Waals surface area contributed by atoms with Gasteiger partial charge in [0.2, 0.25) is 5.91 Å². The van der Waals surface area contributed by atoms with Crippen molar-refractivity contribution in [3.8, 4) is 0 Å². The molecule has 158 valence electrons. The van der Waals surface area contributed by atoms with Gasteiger partial charge in [0.05, 0.1) is 0 Å². The van der Waals surface area contributed by atoms with Gasteiger partial charge in [-0.1, -0.05) is 54.6 Å². The van der Waals surface area contributed by atoms with E-state index < -0.39 is 6.04 Å². The third-order valence-electron chi connectivity index (χ3n) is 5.63. The summed E-state index contributed by atoms with van der Waals surface area (Å²) in [5.41, 5.74) is 2.60. The highest BCUT2D eigenvalue weighted by Crippen LogP contribution is 2.31. The topological polar surface area (TPSA) is 65.5 Å². The van der Waals surface area contributed by atoms with Crippen LogP contribution in [0.2, 0.25) is 0 Å². The van der Waals surface area contributed by atoms with Gasteiger partial charge in [0, 0.05) is 50.7 Å². The Morgan fingerprint density at radius 2 is 1.74 bits per heavy atom. The van der Waals surface area contributed by atoms with Crippen molar-refractivity contribution in [1.82, 2.24) is 20.1 Å². The molecule has 1 aliphatic heterocycles. The number of nitrogens with zero attached hydrogens (tertiary/aromatic N) is 3. The summed E-state index contributed by atoms with van der Waals surface area (Å²) >= 11 is 0. The average Bonchev–Trinajstić information content (AvgIpc) is 2.82. The molecule has 2 aromatic carbocycles. The molecule has 0 aliphatic carbocycles. The van der Waals surface area contributed by atoms with Gasteiger partial charge in [0.25, 0.3) is 5.91 Å². The second kappa shape index (κ2) is 9.53. The van der Waals surface area contributed by atoms with Crippen molar-refractivity contribution in [2.24, 2.45) is 0 Å². The molecule has 6 heteroatoms. The fraction of sp³-hybridized carbons (Fsp3) is 0.240. The molecule has 4 rings (SSSR count). The van der Waals surface area contributed by atoms with Gasteiger partial charge >= 0.3 is 0 Å². The molecule has 1 fully saturated rings. The molecule has 6 nitrogen and oxygen atoms in total. The van der Waals surface area contributed by atoms with E-state index in [4.69, 9.17) is 0 Å². The largest absolute Gasteiger partial charge is 0.350 e. The first-order valence-corrected chi connectivity index (χ1v) is 10.4. The quantitative estimate of drug-likeness (QED) is 0.674. The second-order valence-electron chi connectivity index (χ2n) is 7.80. The minimum absolute atomic E-state index is 0.0409. The van der Waals surface area contributed by atoms with Crippen molar-refractivity contribution < 1.29 is 9.59 Å². The maximum absolute atomic E-state index is 13.2. The highest BCUT2D eigenvalue weighted by Gasteiger charge is 2.40. The third kappa shape index (κ3) is 4.81. The fourth-order valence-corrected chi connectivity index (χ4v) is 4.05. The highest BCUT2D eigenvalue weighted by molar-refractivity contribution is 5.94. The number of hydrogen-bond acceptors (Lipinski definition) is 4. The number of pyridine rings is 1. The monoisotopic (exact) mass is 414 g/mol. The van der Waals surface area contributed by atoms with Crippen LogP contribution in [0.3, 0.4) is 0 Å². The third-order valence-corrected chi connectivity index (χ3v) is 5.63. The van der Waals surface area contributed by atoms with E-state index in [2.05, 4.69) is 15.2 Å². The van der Waals surface area contributed by atoms with Gasteiger partial charge in [0.1, 0.15) is 6.04 Å². The van der Waals surface area contributed by atoms with Gasteiger partial charge in [-0.2, -0.15) is 0 Å². The molecule has 2 atom stereocenters. The minimum Gasteiger partial charge on any atom is -0.350 e. The van der Waals surface area contributed by atoms with E-state index in [0.717, 1.165) is 11.1 Å². The van der Waals surface area contributed by atoms with E-state index in [9.17, 15) is 9.59 Å². The van der Waals surface area contributed by atoms with Crippen molar-refractivity contribution in [1.29, 1.82) is 0 Å². The maximum atomic E-state index is 13.2. The molecule has 1 aliphatic rings. The first kappa shape index (κ1) is 20.8. The molecule has 3 aromatic rings. The summed E-state index contributed by atoms with van der Waals surface area (Å²) in [7, 11) is 1.83. The molecule has 0 bridgehead atoms. The summed E-state index contributed by atoms with van der Waals surface area (Å²) in [5, 5.41) is 3.06. The molecule has 1 saturated heterocycles. The highest BCUT2D eigenvalue weighted by atomic mass is 16.2. The SMILES string of the molecule is CN1C[C@@H](CNC(=O)c2ccccc2)N(Cc2cccnc2)[C@@H](c2ccccc2)C1=O. The fourth-order valence-electron chi connectivity index (χ4n) is 4.05. The number of benzene rings is 2. The lowest BCUT2D eigenvalue weighted by atomic mass is 9.97. The van der Waals surface area contributed by atoms with Gasteiger partial charge in [-0.3, -0.25) is 19.5 Å². The Kier molecular flexibility index (Phi) is 6.38. The molecule has 0 radical (unpaired) electrons. The number of likely N-dealkylation sites (N-methyl/N-ethyl adjacent to an activating group) is 1. The van der Waals surface area contributed by atoms with Gasteiger partial charge < -0.3 is 10.2 Å². The molecular weight excluding hydrogens is 388 g/mol. The van der Waals surface area contributed by atoms with Crippen LogP contribution in [0.15, 0.2) is 85.2 Å². The van der Waals surface area contributed by atoms with Gasteiger partial charge in [-0.25, -0.2) is 0 Å². The zero-order chi connectivity index (χ0) is 21.6. The number of amides is 2. The van der Waals surface area contributed by atoms with Crippen LogP contribution in [0.4, 0.5) is 0 Å². The molecule has 2 heterocycles. The summed E-state index contributed by atoms with van der Waals surface area (Å²) in [4.78, 5) is 34.0. The van der Waals surface area contributed by atoms with Crippen LogP contribution in [0.1, 0.15) is 27.5 Å². The van der Waals surface area contributed by atoms with Crippen molar-refractivity contribution >= 4 is 11.8 Å². The summed E-state index contributed by atoms with van der Waals surface area (Å²) in [6.07, 6.45) is 3.56. The predicted octanol–water partition coefficient (Wildman–Crippen LogP) is 2.90. The lowest BCUT2D eigenvalue weighted by molar-refractivity contribution is -0.144. The van der Waals surface area contributed by atoms with Crippen LogP contribution in [-0.2, 0) is 11.3 Å². The molecule has 2 amide bonds. The predicted molar refractivity (Wildman–Crippen MR) is 119 cm³/mol. The Bertz CT molecular complexity index is 1010. The first-order chi connectivity index (χ1) is 15.1.